The van der Waals surface area contributed by atoms with Crippen LogP contribution in [-0.2, 0) is 11.2 Å². The number of anilines is 1. The second-order valence-corrected chi connectivity index (χ2v) is 8.66. The average molecular weight is 484 g/mol. The number of amides is 1. The van der Waals surface area contributed by atoms with Crippen LogP contribution < -0.4 is 23.8 Å². The molecule has 2 aromatic carbocycles. The van der Waals surface area contributed by atoms with Crippen molar-refractivity contribution in [3.05, 3.63) is 47.5 Å². The second-order valence-electron chi connectivity index (χ2n) is 7.80. The molecule has 0 spiro atoms. The molecule has 180 valence electrons. The number of thiazole rings is 1. The maximum Gasteiger partial charge on any atom is 0.228 e. The summed E-state index contributed by atoms with van der Waals surface area (Å²) in [5, 5.41) is 2.73. The summed E-state index contributed by atoms with van der Waals surface area (Å²) in [4.78, 5) is 21.8. The van der Waals surface area contributed by atoms with Gasteiger partial charge in [-0.3, -0.25) is 4.79 Å². The molecule has 1 aliphatic rings. The van der Waals surface area contributed by atoms with Gasteiger partial charge in [-0.25, -0.2) is 4.98 Å². The van der Waals surface area contributed by atoms with E-state index >= 15 is 0 Å². The number of aromatic nitrogens is 1. The fraction of sp³-hybridized carbons (Fsp3) is 0.360. The number of carbonyl (C=O) groups excluding carboxylic acids is 1. The maximum absolute atomic E-state index is 12.9. The third-order valence-electron chi connectivity index (χ3n) is 5.85. The molecule has 1 aromatic heterocycles. The van der Waals surface area contributed by atoms with Crippen molar-refractivity contribution in [1.82, 2.24) is 9.88 Å². The van der Waals surface area contributed by atoms with Crippen molar-refractivity contribution in [2.24, 2.45) is 0 Å². The molecule has 3 aromatic rings. The summed E-state index contributed by atoms with van der Waals surface area (Å²) in [7, 11) is 6.41. The zero-order chi connectivity index (χ0) is 24.1. The first kappa shape index (κ1) is 23.7. The zero-order valence-corrected chi connectivity index (χ0v) is 20.7. The van der Waals surface area contributed by atoms with E-state index in [-0.39, 0.29) is 12.3 Å². The second kappa shape index (κ2) is 10.6. The summed E-state index contributed by atoms with van der Waals surface area (Å²) in [6.45, 7) is 2.93. The molecule has 1 aliphatic heterocycles. The lowest BCUT2D eigenvalue weighted by atomic mass is 10.2. The summed E-state index contributed by atoms with van der Waals surface area (Å²) in [6, 6.07) is 11.7. The van der Waals surface area contributed by atoms with E-state index in [1.807, 2.05) is 40.6 Å². The molecule has 1 saturated heterocycles. The average Bonchev–Trinajstić information content (AvgIpc) is 3.36. The van der Waals surface area contributed by atoms with Gasteiger partial charge in [-0.05, 0) is 24.3 Å². The molecular formula is C25H29N3O5S. The van der Waals surface area contributed by atoms with Crippen LogP contribution in [-0.4, -0.2) is 70.4 Å². The van der Waals surface area contributed by atoms with Crippen molar-refractivity contribution < 1.29 is 23.7 Å². The highest BCUT2D eigenvalue weighted by molar-refractivity contribution is 7.13. The fourth-order valence-electron chi connectivity index (χ4n) is 4.01. The number of nitrogens with zero attached hydrogens (tertiary/aromatic N) is 3. The molecule has 0 aliphatic carbocycles. The monoisotopic (exact) mass is 483 g/mol. The van der Waals surface area contributed by atoms with E-state index in [2.05, 4.69) is 11.0 Å². The first-order chi connectivity index (χ1) is 16.6. The molecular weight excluding hydrogens is 454 g/mol. The normalized spacial score (nSPS) is 13.5. The van der Waals surface area contributed by atoms with Crippen LogP contribution in [0.5, 0.6) is 23.0 Å². The van der Waals surface area contributed by atoms with Crippen molar-refractivity contribution in [2.75, 3.05) is 59.5 Å². The van der Waals surface area contributed by atoms with Crippen LogP contribution in [0.1, 0.15) is 5.69 Å². The quantitative estimate of drug-likeness (QED) is 0.483. The van der Waals surface area contributed by atoms with Gasteiger partial charge in [0.25, 0.3) is 0 Å². The number of hydrogen-bond acceptors (Lipinski definition) is 8. The number of piperazine rings is 1. The molecule has 0 unspecified atom stereocenters. The minimum atomic E-state index is 0.0898. The number of hydrogen-bond donors (Lipinski definition) is 0. The Bertz CT molecular complexity index is 1120. The molecule has 0 atom stereocenters. The first-order valence-corrected chi connectivity index (χ1v) is 11.9. The predicted octanol–water partition coefficient (Wildman–Crippen LogP) is 3.74. The van der Waals surface area contributed by atoms with Gasteiger partial charge in [0.2, 0.25) is 11.7 Å². The van der Waals surface area contributed by atoms with Gasteiger partial charge in [0.15, 0.2) is 11.5 Å². The van der Waals surface area contributed by atoms with E-state index in [1.165, 1.54) is 11.3 Å². The molecule has 4 rings (SSSR count). The minimum absolute atomic E-state index is 0.0898. The van der Waals surface area contributed by atoms with Gasteiger partial charge in [0.05, 0.1) is 40.6 Å². The van der Waals surface area contributed by atoms with Gasteiger partial charge in [-0.2, -0.15) is 0 Å². The lowest BCUT2D eigenvalue weighted by Crippen LogP contribution is -2.49. The van der Waals surface area contributed by atoms with Crippen molar-refractivity contribution >= 4 is 22.9 Å². The number of rotatable bonds is 8. The van der Waals surface area contributed by atoms with E-state index in [1.54, 1.807) is 28.4 Å². The Morgan fingerprint density at radius 2 is 1.65 bits per heavy atom. The Morgan fingerprint density at radius 3 is 2.26 bits per heavy atom. The van der Waals surface area contributed by atoms with Crippen molar-refractivity contribution in [2.45, 2.75) is 6.42 Å². The predicted molar refractivity (Wildman–Crippen MR) is 133 cm³/mol. The molecule has 0 saturated carbocycles. The number of methoxy groups -OCH3 is 4. The standard InChI is InChI=1S/C25H29N3O5S/c1-30-20-7-5-6-19(15-20)27-8-10-28(11-9-27)23(29)14-18-16-34-25(26-18)17-12-21(31-2)24(33-4)22(13-17)32-3/h5-7,12-13,15-16H,8-11,14H2,1-4H3. The highest BCUT2D eigenvalue weighted by Gasteiger charge is 2.23. The summed E-state index contributed by atoms with van der Waals surface area (Å²) in [5.74, 6) is 2.60. The molecule has 0 bridgehead atoms. The summed E-state index contributed by atoms with van der Waals surface area (Å²) < 4.78 is 21.6. The molecule has 2 heterocycles. The Morgan fingerprint density at radius 1 is 0.941 bits per heavy atom. The molecule has 0 radical (unpaired) electrons. The van der Waals surface area contributed by atoms with Gasteiger partial charge in [-0.1, -0.05) is 6.07 Å². The Labute approximate surface area is 203 Å². The highest BCUT2D eigenvalue weighted by atomic mass is 32.1. The maximum atomic E-state index is 12.9. The van der Waals surface area contributed by atoms with Gasteiger partial charge in [-0.15, -0.1) is 11.3 Å². The van der Waals surface area contributed by atoms with Crippen LogP contribution in [0.3, 0.4) is 0 Å². The Hall–Kier alpha value is -3.46. The number of carbonyl (C=O) groups is 1. The third-order valence-corrected chi connectivity index (χ3v) is 6.79. The topological polar surface area (TPSA) is 73.4 Å². The lowest BCUT2D eigenvalue weighted by molar-refractivity contribution is -0.130. The van der Waals surface area contributed by atoms with E-state index in [0.717, 1.165) is 40.8 Å². The van der Waals surface area contributed by atoms with Crippen molar-refractivity contribution in [3.8, 4) is 33.6 Å². The zero-order valence-electron chi connectivity index (χ0n) is 19.9. The van der Waals surface area contributed by atoms with Crippen molar-refractivity contribution in [3.63, 3.8) is 0 Å². The number of ether oxygens (including phenoxy) is 4. The van der Waals surface area contributed by atoms with Gasteiger partial charge < -0.3 is 28.7 Å². The van der Waals surface area contributed by atoms with Crippen LogP contribution in [0.25, 0.3) is 10.6 Å². The molecule has 8 nitrogen and oxygen atoms in total. The Balaban J connectivity index is 1.39. The summed E-state index contributed by atoms with van der Waals surface area (Å²) >= 11 is 1.49. The molecule has 9 heteroatoms. The van der Waals surface area contributed by atoms with Gasteiger partial charge in [0, 0.05) is 48.9 Å². The van der Waals surface area contributed by atoms with Crippen LogP contribution in [0.2, 0.25) is 0 Å². The van der Waals surface area contributed by atoms with E-state index in [0.29, 0.717) is 30.3 Å². The number of benzene rings is 2. The van der Waals surface area contributed by atoms with Crippen LogP contribution in [0.4, 0.5) is 5.69 Å². The fourth-order valence-corrected chi connectivity index (χ4v) is 4.82. The largest absolute Gasteiger partial charge is 0.497 e. The van der Waals surface area contributed by atoms with Gasteiger partial charge in [0.1, 0.15) is 10.8 Å². The first-order valence-electron chi connectivity index (χ1n) is 11.0. The minimum Gasteiger partial charge on any atom is -0.497 e. The highest BCUT2D eigenvalue weighted by Crippen LogP contribution is 2.41. The van der Waals surface area contributed by atoms with Crippen LogP contribution >= 0.6 is 11.3 Å². The van der Waals surface area contributed by atoms with E-state index < -0.39 is 0 Å². The van der Waals surface area contributed by atoms with E-state index in [9.17, 15) is 4.79 Å². The molecule has 1 fully saturated rings. The lowest BCUT2D eigenvalue weighted by Gasteiger charge is -2.36. The summed E-state index contributed by atoms with van der Waals surface area (Å²) in [6.07, 6.45) is 0.278. The third kappa shape index (κ3) is 5.04. The molecule has 34 heavy (non-hydrogen) atoms. The van der Waals surface area contributed by atoms with Crippen LogP contribution in [0, 0.1) is 0 Å². The molecule has 0 N–H and O–H groups in total. The van der Waals surface area contributed by atoms with Gasteiger partial charge >= 0.3 is 0 Å². The van der Waals surface area contributed by atoms with E-state index in [4.69, 9.17) is 23.9 Å². The SMILES string of the molecule is COc1cccc(N2CCN(C(=O)Cc3csc(-c4cc(OC)c(OC)c(OC)c4)n3)CC2)c1. The summed E-state index contributed by atoms with van der Waals surface area (Å²) in [5.41, 5.74) is 2.72. The van der Waals surface area contributed by atoms with Crippen LogP contribution in [0.15, 0.2) is 41.8 Å². The van der Waals surface area contributed by atoms with Crippen molar-refractivity contribution in [1.29, 1.82) is 0 Å². The smallest absolute Gasteiger partial charge is 0.228 e. The Kier molecular flexibility index (Phi) is 7.42. The molecule has 1 amide bonds.